The first-order valence-electron chi connectivity index (χ1n) is 7.99. The largest absolute Gasteiger partial charge is 0.496 e. The van der Waals surface area contributed by atoms with Crippen LogP contribution in [0.5, 0.6) is 5.75 Å². The topological polar surface area (TPSA) is 21.3 Å². The minimum Gasteiger partial charge on any atom is -0.496 e. The summed E-state index contributed by atoms with van der Waals surface area (Å²) in [4.78, 5) is 0. The molecule has 0 saturated heterocycles. The van der Waals surface area contributed by atoms with E-state index >= 15 is 0 Å². The van der Waals surface area contributed by atoms with Gasteiger partial charge in [0.15, 0.2) is 0 Å². The van der Waals surface area contributed by atoms with Crippen molar-refractivity contribution in [3.8, 4) is 5.75 Å². The molecule has 0 radical (unpaired) electrons. The molecule has 0 aliphatic carbocycles. The highest BCUT2D eigenvalue weighted by atomic mass is 16.5. The van der Waals surface area contributed by atoms with Crippen molar-refractivity contribution in [1.29, 1.82) is 0 Å². The molecule has 1 unspecified atom stereocenters. The summed E-state index contributed by atoms with van der Waals surface area (Å²) in [5.74, 6) is 1.69. The van der Waals surface area contributed by atoms with Crippen LogP contribution in [0.15, 0.2) is 36.4 Å². The van der Waals surface area contributed by atoms with E-state index < -0.39 is 0 Å². The molecule has 2 rings (SSSR count). The van der Waals surface area contributed by atoms with Crippen molar-refractivity contribution in [1.82, 2.24) is 5.32 Å². The second-order valence-corrected chi connectivity index (χ2v) is 5.72. The molecule has 2 heteroatoms. The maximum Gasteiger partial charge on any atom is 0.126 e. The lowest BCUT2D eigenvalue weighted by Crippen LogP contribution is -2.32. The summed E-state index contributed by atoms with van der Waals surface area (Å²) in [5.41, 5.74) is 1.34. The summed E-state index contributed by atoms with van der Waals surface area (Å²) in [5, 5.41) is 6.16. The molecule has 21 heavy (non-hydrogen) atoms. The van der Waals surface area contributed by atoms with Crippen LogP contribution in [0.3, 0.4) is 0 Å². The van der Waals surface area contributed by atoms with E-state index in [2.05, 4.69) is 62.5 Å². The van der Waals surface area contributed by atoms with E-state index in [0.717, 1.165) is 18.2 Å². The van der Waals surface area contributed by atoms with Gasteiger partial charge in [-0.25, -0.2) is 0 Å². The fourth-order valence-corrected chi connectivity index (χ4v) is 3.10. The standard InChI is InChI=1S/C19H27NO/c1-5-15(6-2)14(3)20-13-16-11-12-19(21-4)18-10-8-7-9-17(16)18/h7-12,14-15,20H,5-6,13H2,1-4H3. The van der Waals surface area contributed by atoms with Crippen LogP contribution in [-0.4, -0.2) is 13.2 Å². The summed E-state index contributed by atoms with van der Waals surface area (Å²) >= 11 is 0. The van der Waals surface area contributed by atoms with Gasteiger partial charge < -0.3 is 10.1 Å². The number of hydrogen-bond acceptors (Lipinski definition) is 2. The van der Waals surface area contributed by atoms with E-state index in [0.29, 0.717) is 6.04 Å². The molecule has 0 bridgehead atoms. The molecule has 114 valence electrons. The Balaban J connectivity index is 2.20. The predicted octanol–water partition coefficient (Wildman–Crippen LogP) is 4.76. The first kappa shape index (κ1) is 15.8. The highest BCUT2D eigenvalue weighted by molar-refractivity contribution is 5.91. The van der Waals surface area contributed by atoms with Gasteiger partial charge >= 0.3 is 0 Å². The monoisotopic (exact) mass is 285 g/mol. The minimum absolute atomic E-state index is 0.542. The normalized spacial score (nSPS) is 12.8. The molecule has 2 nitrogen and oxygen atoms in total. The first-order valence-corrected chi connectivity index (χ1v) is 7.99. The predicted molar refractivity (Wildman–Crippen MR) is 90.9 cm³/mol. The number of benzene rings is 2. The summed E-state index contributed by atoms with van der Waals surface area (Å²) in [7, 11) is 1.73. The third kappa shape index (κ3) is 3.56. The maximum absolute atomic E-state index is 5.46. The molecule has 2 aromatic rings. The molecule has 1 atom stereocenters. The van der Waals surface area contributed by atoms with Gasteiger partial charge in [-0.1, -0.05) is 57.0 Å². The third-order valence-electron chi connectivity index (χ3n) is 4.56. The number of fused-ring (bicyclic) bond motifs is 1. The average Bonchev–Trinajstić information content (AvgIpc) is 2.53. The van der Waals surface area contributed by atoms with Crippen molar-refractivity contribution in [2.45, 2.75) is 46.2 Å². The maximum atomic E-state index is 5.46. The van der Waals surface area contributed by atoms with Crippen molar-refractivity contribution >= 4 is 10.8 Å². The van der Waals surface area contributed by atoms with Crippen LogP contribution in [0, 0.1) is 5.92 Å². The van der Waals surface area contributed by atoms with Gasteiger partial charge in [0.1, 0.15) is 5.75 Å². The van der Waals surface area contributed by atoms with Gasteiger partial charge in [-0.2, -0.15) is 0 Å². The number of methoxy groups -OCH3 is 1. The molecule has 0 saturated carbocycles. The fraction of sp³-hybridized carbons (Fsp3) is 0.474. The van der Waals surface area contributed by atoms with Crippen molar-refractivity contribution in [3.63, 3.8) is 0 Å². The van der Waals surface area contributed by atoms with Gasteiger partial charge in [-0.05, 0) is 29.9 Å². The molecular weight excluding hydrogens is 258 g/mol. The minimum atomic E-state index is 0.542. The molecule has 0 aliphatic heterocycles. The van der Waals surface area contributed by atoms with E-state index in [4.69, 9.17) is 4.74 Å². The molecular formula is C19H27NO. The second-order valence-electron chi connectivity index (χ2n) is 5.72. The Kier molecular flexibility index (Phi) is 5.63. The van der Waals surface area contributed by atoms with Crippen LogP contribution >= 0.6 is 0 Å². The molecule has 0 heterocycles. The molecule has 1 N–H and O–H groups in total. The first-order chi connectivity index (χ1) is 10.2. The second kappa shape index (κ2) is 7.46. The number of hydrogen-bond donors (Lipinski definition) is 1. The van der Waals surface area contributed by atoms with Crippen molar-refractivity contribution < 1.29 is 4.74 Å². The van der Waals surface area contributed by atoms with E-state index in [1.807, 2.05) is 0 Å². The van der Waals surface area contributed by atoms with Gasteiger partial charge in [0.05, 0.1) is 7.11 Å². The van der Waals surface area contributed by atoms with Crippen molar-refractivity contribution in [2.75, 3.05) is 7.11 Å². The van der Waals surface area contributed by atoms with Gasteiger partial charge in [0, 0.05) is 18.0 Å². The molecule has 0 aliphatic rings. The Labute approximate surface area is 128 Å². The average molecular weight is 285 g/mol. The molecule has 0 fully saturated rings. The number of ether oxygens (including phenoxy) is 1. The smallest absolute Gasteiger partial charge is 0.126 e. The Morgan fingerprint density at radius 1 is 1.00 bits per heavy atom. The third-order valence-corrected chi connectivity index (χ3v) is 4.56. The zero-order valence-corrected chi connectivity index (χ0v) is 13.6. The Morgan fingerprint density at radius 3 is 2.29 bits per heavy atom. The van der Waals surface area contributed by atoms with Gasteiger partial charge in [-0.3, -0.25) is 0 Å². The fourth-order valence-electron chi connectivity index (χ4n) is 3.10. The number of nitrogens with one attached hydrogen (secondary N) is 1. The van der Waals surface area contributed by atoms with Crippen LogP contribution in [0.25, 0.3) is 10.8 Å². The summed E-state index contributed by atoms with van der Waals surface area (Å²) < 4.78 is 5.46. The van der Waals surface area contributed by atoms with Gasteiger partial charge in [-0.15, -0.1) is 0 Å². The Morgan fingerprint density at radius 2 is 1.67 bits per heavy atom. The van der Waals surface area contributed by atoms with Crippen LogP contribution in [-0.2, 0) is 6.54 Å². The lowest BCUT2D eigenvalue weighted by atomic mass is 9.95. The van der Waals surface area contributed by atoms with E-state index in [9.17, 15) is 0 Å². The van der Waals surface area contributed by atoms with Crippen LogP contribution in [0.4, 0.5) is 0 Å². The van der Waals surface area contributed by atoms with Crippen LogP contribution in [0.2, 0.25) is 0 Å². The van der Waals surface area contributed by atoms with Gasteiger partial charge in [0.25, 0.3) is 0 Å². The number of rotatable bonds is 7. The quantitative estimate of drug-likeness (QED) is 0.791. The van der Waals surface area contributed by atoms with E-state index in [-0.39, 0.29) is 0 Å². The zero-order chi connectivity index (χ0) is 15.2. The van der Waals surface area contributed by atoms with Crippen LogP contribution < -0.4 is 10.1 Å². The summed E-state index contributed by atoms with van der Waals surface area (Å²) in [6.07, 6.45) is 2.46. The van der Waals surface area contributed by atoms with E-state index in [1.54, 1.807) is 7.11 Å². The van der Waals surface area contributed by atoms with Crippen molar-refractivity contribution in [3.05, 3.63) is 42.0 Å². The van der Waals surface area contributed by atoms with E-state index in [1.165, 1.54) is 29.2 Å². The lowest BCUT2D eigenvalue weighted by molar-refractivity contribution is 0.353. The summed E-state index contributed by atoms with van der Waals surface area (Å²) in [6.45, 7) is 7.75. The summed E-state index contributed by atoms with van der Waals surface area (Å²) in [6, 6.07) is 13.2. The lowest BCUT2D eigenvalue weighted by Gasteiger charge is -2.23. The van der Waals surface area contributed by atoms with Gasteiger partial charge in [0.2, 0.25) is 0 Å². The van der Waals surface area contributed by atoms with Crippen LogP contribution in [0.1, 0.15) is 39.2 Å². The Bertz CT molecular complexity index is 575. The molecule has 0 aromatic heterocycles. The highest BCUT2D eigenvalue weighted by Crippen LogP contribution is 2.28. The molecule has 2 aromatic carbocycles. The zero-order valence-electron chi connectivity index (χ0n) is 13.6. The SMILES string of the molecule is CCC(CC)C(C)NCc1ccc(OC)c2ccccc12. The molecule has 0 spiro atoms. The Hall–Kier alpha value is -1.54. The van der Waals surface area contributed by atoms with Crippen molar-refractivity contribution in [2.24, 2.45) is 5.92 Å². The molecule has 0 amide bonds. The highest BCUT2D eigenvalue weighted by Gasteiger charge is 2.13.